The lowest BCUT2D eigenvalue weighted by Gasteiger charge is -2.10. The lowest BCUT2D eigenvalue weighted by Crippen LogP contribution is -2.13. The minimum absolute atomic E-state index is 0.0413. The SMILES string of the molecule is COCCCn1c(C)cc(C(=O)COc2ccc(Cl)c(Cl)c2)c1C. The zero-order chi connectivity index (χ0) is 17.7. The fraction of sp³-hybridized carbons (Fsp3) is 0.389. The van der Waals surface area contributed by atoms with Crippen LogP contribution >= 0.6 is 23.2 Å². The van der Waals surface area contributed by atoms with Crippen LogP contribution < -0.4 is 4.74 Å². The van der Waals surface area contributed by atoms with Gasteiger partial charge < -0.3 is 14.0 Å². The van der Waals surface area contributed by atoms with Crippen molar-refractivity contribution in [1.82, 2.24) is 4.57 Å². The molecule has 24 heavy (non-hydrogen) atoms. The maximum atomic E-state index is 12.5. The van der Waals surface area contributed by atoms with Gasteiger partial charge in [-0.25, -0.2) is 0 Å². The largest absolute Gasteiger partial charge is 0.485 e. The summed E-state index contributed by atoms with van der Waals surface area (Å²) in [5, 5.41) is 0.855. The molecule has 130 valence electrons. The quantitative estimate of drug-likeness (QED) is 0.499. The van der Waals surface area contributed by atoms with Crippen LogP contribution in [-0.2, 0) is 11.3 Å². The Labute approximate surface area is 152 Å². The topological polar surface area (TPSA) is 40.5 Å². The first-order chi connectivity index (χ1) is 11.4. The first-order valence-electron chi connectivity index (χ1n) is 7.70. The minimum Gasteiger partial charge on any atom is -0.485 e. The Morgan fingerprint density at radius 3 is 2.58 bits per heavy atom. The predicted octanol–water partition coefficient (Wildman–Crippen LogP) is 4.71. The highest BCUT2D eigenvalue weighted by atomic mass is 35.5. The molecule has 0 fully saturated rings. The van der Waals surface area contributed by atoms with Crippen molar-refractivity contribution in [2.75, 3.05) is 20.3 Å². The number of rotatable bonds is 8. The van der Waals surface area contributed by atoms with Crippen LogP contribution in [0.15, 0.2) is 24.3 Å². The zero-order valence-corrected chi connectivity index (χ0v) is 15.6. The van der Waals surface area contributed by atoms with Gasteiger partial charge in [0.05, 0.1) is 10.0 Å². The molecule has 0 atom stereocenters. The molecule has 0 saturated heterocycles. The Bertz CT molecular complexity index is 725. The van der Waals surface area contributed by atoms with Crippen LogP contribution in [0.1, 0.15) is 28.2 Å². The molecule has 0 spiro atoms. The number of Topliss-reactive ketones (excluding diaryl/α,β-unsaturated/α-hetero) is 1. The number of hydrogen-bond acceptors (Lipinski definition) is 3. The van der Waals surface area contributed by atoms with E-state index in [2.05, 4.69) is 4.57 Å². The van der Waals surface area contributed by atoms with Crippen molar-refractivity contribution < 1.29 is 14.3 Å². The van der Waals surface area contributed by atoms with Crippen molar-refractivity contribution in [1.29, 1.82) is 0 Å². The Hall–Kier alpha value is -1.49. The van der Waals surface area contributed by atoms with Gasteiger partial charge in [0.25, 0.3) is 0 Å². The molecule has 6 heteroatoms. The van der Waals surface area contributed by atoms with Crippen molar-refractivity contribution in [3.63, 3.8) is 0 Å². The van der Waals surface area contributed by atoms with E-state index in [0.717, 1.165) is 24.4 Å². The number of hydrogen-bond donors (Lipinski definition) is 0. The van der Waals surface area contributed by atoms with Crippen molar-refractivity contribution in [3.05, 3.63) is 51.3 Å². The van der Waals surface area contributed by atoms with Crippen LogP contribution in [0.2, 0.25) is 10.0 Å². The summed E-state index contributed by atoms with van der Waals surface area (Å²) in [6.45, 7) is 5.43. The molecule has 0 aliphatic rings. The highest BCUT2D eigenvalue weighted by Crippen LogP contribution is 2.26. The Morgan fingerprint density at radius 1 is 1.17 bits per heavy atom. The van der Waals surface area contributed by atoms with Gasteiger partial charge >= 0.3 is 0 Å². The van der Waals surface area contributed by atoms with Gasteiger partial charge in [-0.1, -0.05) is 23.2 Å². The van der Waals surface area contributed by atoms with E-state index in [9.17, 15) is 4.79 Å². The average Bonchev–Trinajstić information content (AvgIpc) is 2.84. The second-order valence-corrected chi connectivity index (χ2v) is 6.38. The van der Waals surface area contributed by atoms with E-state index in [4.69, 9.17) is 32.7 Å². The summed E-state index contributed by atoms with van der Waals surface area (Å²) in [5.74, 6) is 0.457. The number of benzene rings is 1. The van der Waals surface area contributed by atoms with E-state index in [1.807, 2.05) is 19.9 Å². The van der Waals surface area contributed by atoms with Crippen molar-refractivity contribution in [2.45, 2.75) is 26.8 Å². The number of nitrogens with zero attached hydrogens (tertiary/aromatic N) is 1. The molecule has 0 aliphatic carbocycles. The number of methoxy groups -OCH3 is 1. The highest BCUT2D eigenvalue weighted by Gasteiger charge is 2.16. The molecule has 1 aromatic carbocycles. The van der Waals surface area contributed by atoms with Crippen LogP contribution in [0.3, 0.4) is 0 Å². The number of ether oxygens (including phenoxy) is 2. The van der Waals surface area contributed by atoms with Crippen LogP contribution in [0.4, 0.5) is 0 Å². The number of aromatic nitrogens is 1. The van der Waals surface area contributed by atoms with Gasteiger partial charge in [-0.3, -0.25) is 4.79 Å². The number of carbonyl (C=O) groups excluding carboxylic acids is 1. The van der Waals surface area contributed by atoms with Crippen LogP contribution in [-0.4, -0.2) is 30.7 Å². The predicted molar refractivity (Wildman–Crippen MR) is 96.7 cm³/mol. The monoisotopic (exact) mass is 369 g/mol. The maximum absolute atomic E-state index is 12.5. The molecule has 1 aromatic heterocycles. The van der Waals surface area contributed by atoms with Gasteiger partial charge in [0, 0.05) is 43.3 Å². The van der Waals surface area contributed by atoms with E-state index in [1.54, 1.807) is 25.3 Å². The molecule has 4 nitrogen and oxygen atoms in total. The van der Waals surface area contributed by atoms with Gasteiger partial charge in [0.15, 0.2) is 6.61 Å². The first kappa shape index (κ1) is 18.8. The Kier molecular flexibility index (Phi) is 6.72. The van der Waals surface area contributed by atoms with Crippen LogP contribution in [0.5, 0.6) is 5.75 Å². The number of carbonyl (C=O) groups is 1. The summed E-state index contributed by atoms with van der Waals surface area (Å²) < 4.78 is 12.8. The van der Waals surface area contributed by atoms with E-state index in [-0.39, 0.29) is 12.4 Å². The van der Waals surface area contributed by atoms with Gasteiger partial charge in [-0.05, 0) is 38.5 Å². The van der Waals surface area contributed by atoms with E-state index < -0.39 is 0 Å². The summed E-state index contributed by atoms with van der Waals surface area (Å²) >= 11 is 11.8. The van der Waals surface area contributed by atoms with Gasteiger partial charge in [0.2, 0.25) is 5.78 Å². The normalized spacial score (nSPS) is 10.9. The maximum Gasteiger partial charge on any atom is 0.202 e. The van der Waals surface area contributed by atoms with E-state index in [1.165, 1.54) is 0 Å². The molecule has 0 radical (unpaired) electrons. The highest BCUT2D eigenvalue weighted by molar-refractivity contribution is 6.42. The molecule has 2 rings (SSSR count). The van der Waals surface area contributed by atoms with Crippen LogP contribution in [0, 0.1) is 13.8 Å². The second-order valence-electron chi connectivity index (χ2n) is 5.57. The first-order valence-corrected chi connectivity index (χ1v) is 8.46. The molecule has 0 N–H and O–H groups in total. The summed E-state index contributed by atoms with van der Waals surface area (Å²) in [6, 6.07) is 6.84. The van der Waals surface area contributed by atoms with E-state index in [0.29, 0.717) is 28.0 Å². The molecule has 0 saturated carbocycles. The zero-order valence-electron chi connectivity index (χ0n) is 14.1. The van der Waals surface area contributed by atoms with E-state index >= 15 is 0 Å². The Morgan fingerprint density at radius 2 is 1.92 bits per heavy atom. The molecule has 0 unspecified atom stereocenters. The number of halogens is 2. The molecular formula is C18H21Cl2NO3. The third-order valence-electron chi connectivity index (χ3n) is 3.87. The lowest BCUT2D eigenvalue weighted by atomic mass is 10.1. The van der Waals surface area contributed by atoms with Crippen molar-refractivity contribution >= 4 is 29.0 Å². The summed E-state index contributed by atoms with van der Waals surface area (Å²) in [7, 11) is 1.69. The standard InChI is InChI=1S/C18H21Cl2NO3/c1-12-9-15(13(2)21(12)7-4-8-23-3)18(22)11-24-14-5-6-16(19)17(20)10-14/h5-6,9-10H,4,7-8,11H2,1-3H3. The number of aryl methyl sites for hydroxylation is 1. The molecule has 0 bridgehead atoms. The second kappa shape index (κ2) is 8.56. The molecule has 0 aliphatic heterocycles. The lowest BCUT2D eigenvalue weighted by molar-refractivity contribution is 0.0920. The van der Waals surface area contributed by atoms with Crippen LogP contribution in [0.25, 0.3) is 0 Å². The van der Waals surface area contributed by atoms with Crippen molar-refractivity contribution in [3.8, 4) is 5.75 Å². The average molecular weight is 370 g/mol. The van der Waals surface area contributed by atoms with Gasteiger partial charge in [-0.15, -0.1) is 0 Å². The molecular weight excluding hydrogens is 349 g/mol. The summed E-state index contributed by atoms with van der Waals surface area (Å²) in [5.41, 5.74) is 2.69. The third kappa shape index (κ3) is 4.53. The minimum atomic E-state index is -0.0628. The Balaban J connectivity index is 2.04. The fourth-order valence-electron chi connectivity index (χ4n) is 2.59. The number of ketones is 1. The molecule has 0 amide bonds. The smallest absolute Gasteiger partial charge is 0.202 e. The molecule has 2 aromatic rings. The van der Waals surface area contributed by atoms with Gasteiger partial charge in [0.1, 0.15) is 5.75 Å². The van der Waals surface area contributed by atoms with Gasteiger partial charge in [-0.2, -0.15) is 0 Å². The summed E-state index contributed by atoms with van der Waals surface area (Å²) in [6.07, 6.45) is 0.903. The molecule has 1 heterocycles. The summed E-state index contributed by atoms with van der Waals surface area (Å²) in [4.78, 5) is 12.5. The third-order valence-corrected chi connectivity index (χ3v) is 4.60. The van der Waals surface area contributed by atoms with Crippen molar-refractivity contribution in [2.24, 2.45) is 0 Å². The fourth-order valence-corrected chi connectivity index (χ4v) is 2.88.